The highest BCUT2D eigenvalue weighted by Gasteiger charge is 2.47. The molecule has 1 amide bonds. The number of primary amides is 1. The van der Waals surface area contributed by atoms with Crippen molar-refractivity contribution in [1.82, 2.24) is 15.0 Å². The summed E-state index contributed by atoms with van der Waals surface area (Å²) in [5.41, 5.74) is 7.01. The third-order valence-electron chi connectivity index (χ3n) is 6.82. The largest absolute Gasteiger partial charge is 0.364 e. The molecule has 0 aromatic carbocycles. The molecule has 0 saturated heterocycles. The van der Waals surface area contributed by atoms with Crippen LogP contribution in [-0.4, -0.2) is 32.7 Å². The van der Waals surface area contributed by atoms with E-state index in [2.05, 4.69) is 15.0 Å². The van der Waals surface area contributed by atoms with Crippen molar-refractivity contribution in [3.05, 3.63) is 57.8 Å². The van der Waals surface area contributed by atoms with Crippen molar-refractivity contribution in [2.75, 3.05) is 0 Å². The highest BCUT2D eigenvalue weighted by atomic mass is 19.3. The zero-order valence-electron chi connectivity index (χ0n) is 18.1. The van der Waals surface area contributed by atoms with Crippen molar-refractivity contribution in [3.63, 3.8) is 0 Å². The second-order valence-corrected chi connectivity index (χ2v) is 9.25. The van der Waals surface area contributed by atoms with Crippen LogP contribution in [0, 0.1) is 0 Å². The van der Waals surface area contributed by atoms with Crippen molar-refractivity contribution in [2.24, 2.45) is 5.73 Å². The molecule has 0 aliphatic heterocycles. The molecule has 178 valence electrons. The number of carbonyl (C=O) groups is 1. The van der Waals surface area contributed by atoms with Crippen molar-refractivity contribution in [2.45, 2.75) is 62.2 Å². The number of nitrogens with two attached hydrogens (primary N) is 1. The van der Waals surface area contributed by atoms with Gasteiger partial charge < -0.3 is 10.7 Å². The Bertz CT molecular complexity index is 1340. The van der Waals surface area contributed by atoms with Gasteiger partial charge in [0.2, 0.25) is 11.8 Å². The van der Waals surface area contributed by atoms with Crippen LogP contribution in [0.4, 0.5) is 17.6 Å². The van der Waals surface area contributed by atoms with Gasteiger partial charge in [-0.05, 0) is 31.0 Å². The van der Waals surface area contributed by atoms with E-state index < -0.39 is 29.1 Å². The van der Waals surface area contributed by atoms with E-state index in [-0.39, 0.29) is 55.5 Å². The molecule has 2 aliphatic rings. The van der Waals surface area contributed by atoms with Gasteiger partial charge in [-0.15, -0.1) is 0 Å². The van der Waals surface area contributed by atoms with Crippen molar-refractivity contribution in [3.8, 4) is 11.3 Å². The molecule has 2 saturated carbocycles. The van der Waals surface area contributed by atoms with Gasteiger partial charge >= 0.3 is 0 Å². The van der Waals surface area contributed by atoms with E-state index in [0.717, 1.165) is 0 Å². The van der Waals surface area contributed by atoms with Gasteiger partial charge in [-0.1, -0.05) is 0 Å². The first-order chi connectivity index (χ1) is 16.0. The lowest BCUT2D eigenvalue weighted by molar-refractivity contribution is -0.0877. The molecule has 3 heterocycles. The third kappa shape index (κ3) is 4.05. The van der Waals surface area contributed by atoms with Crippen LogP contribution in [0.5, 0.6) is 0 Å². The molecule has 2 aliphatic carbocycles. The summed E-state index contributed by atoms with van der Waals surface area (Å²) in [4.78, 5) is 36.3. The lowest BCUT2D eigenvalue weighted by Gasteiger charge is -2.35. The van der Waals surface area contributed by atoms with Crippen molar-refractivity contribution >= 4 is 16.8 Å². The van der Waals surface area contributed by atoms with Gasteiger partial charge in [0.1, 0.15) is 5.69 Å². The van der Waals surface area contributed by atoms with E-state index in [1.54, 1.807) is 12.1 Å². The lowest BCUT2D eigenvalue weighted by atomic mass is 9.78. The standard InChI is InChI=1S/C24H22F4N4O2/c25-23(26)6-3-12(4-7-23)20-14(1-2-15(32-20)13-10-24(27,28)11-13)17-9-18(33)19-16(31-17)5-8-30-21(19)22(29)34/h1-2,5,8-9,12-13H,3-4,6-7,10-11H2,(H2,29,34)(H,31,33). The third-order valence-corrected chi connectivity index (χ3v) is 6.82. The normalized spacial score (nSPS) is 20.2. The highest BCUT2D eigenvalue weighted by molar-refractivity contribution is 6.03. The Morgan fingerprint density at radius 3 is 2.38 bits per heavy atom. The maximum absolute atomic E-state index is 13.8. The second-order valence-electron chi connectivity index (χ2n) is 9.25. The molecule has 0 spiro atoms. The number of fused-ring (bicyclic) bond motifs is 1. The van der Waals surface area contributed by atoms with Crippen LogP contribution < -0.4 is 11.2 Å². The predicted octanol–water partition coefficient (Wildman–Crippen LogP) is 4.89. The second kappa shape index (κ2) is 7.89. The first-order valence-electron chi connectivity index (χ1n) is 11.1. The molecule has 5 rings (SSSR count). The van der Waals surface area contributed by atoms with E-state index in [0.29, 0.717) is 28.2 Å². The van der Waals surface area contributed by atoms with E-state index in [1.807, 2.05) is 0 Å². The number of aromatic nitrogens is 3. The van der Waals surface area contributed by atoms with Crippen LogP contribution in [0.2, 0.25) is 0 Å². The molecule has 34 heavy (non-hydrogen) atoms. The molecule has 0 bridgehead atoms. The number of halogens is 4. The summed E-state index contributed by atoms with van der Waals surface area (Å²) in [6.45, 7) is 0. The van der Waals surface area contributed by atoms with E-state index in [4.69, 9.17) is 5.73 Å². The number of hydrogen-bond donors (Lipinski definition) is 2. The fraction of sp³-hybridized carbons (Fsp3) is 0.417. The fourth-order valence-corrected chi connectivity index (χ4v) is 4.97. The van der Waals surface area contributed by atoms with Gasteiger partial charge in [-0.3, -0.25) is 19.6 Å². The highest BCUT2D eigenvalue weighted by Crippen LogP contribution is 2.49. The number of rotatable bonds is 4. The minimum absolute atomic E-state index is 0.0545. The molecule has 3 aromatic rings. The average Bonchev–Trinajstić information content (AvgIpc) is 2.76. The van der Waals surface area contributed by atoms with Crippen LogP contribution in [0.25, 0.3) is 22.2 Å². The van der Waals surface area contributed by atoms with Crippen molar-refractivity contribution in [1.29, 1.82) is 0 Å². The summed E-state index contributed by atoms with van der Waals surface area (Å²) in [6.07, 6.45) is 0.591. The lowest BCUT2D eigenvalue weighted by Crippen LogP contribution is -2.34. The number of nitrogens with one attached hydrogen (secondary N) is 1. The number of hydrogen-bond acceptors (Lipinski definition) is 4. The van der Waals surface area contributed by atoms with E-state index in [1.165, 1.54) is 18.3 Å². The smallest absolute Gasteiger partial charge is 0.268 e. The molecular weight excluding hydrogens is 452 g/mol. The first-order valence-corrected chi connectivity index (χ1v) is 11.1. The summed E-state index contributed by atoms with van der Waals surface area (Å²) in [6, 6.07) is 6.19. The number of nitrogens with zero attached hydrogens (tertiary/aromatic N) is 2. The minimum Gasteiger partial charge on any atom is -0.364 e. The molecule has 0 atom stereocenters. The molecule has 3 N–H and O–H groups in total. The Hall–Kier alpha value is -3.30. The maximum atomic E-state index is 13.8. The minimum atomic E-state index is -2.74. The zero-order valence-corrected chi connectivity index (χ0v) is 18.1. The molecule has 6 nitrogen and oxygen atoms in total. The average molecular weight is 474 g/mol. The van der Waals surface area contributed by atoms with Gasteiger partial charge in [-0.2, -0.15) is 0 Å². The van der Waals surface area contributed by atoms with Crippen LogP contribution in [0.3, 0.4) is 0 Å². The summed E-state index contributed by atoms with van der Waals surface area (Å²) < 4.78 is 54.5. The van der Waals surface area contributed by atoms with Gasteiger partial charge in [0.25, 0.3) is 5.91 Å². The Balaban J connectivity index is 1.61. The predicted molar refractivity (Wildman–Crippen MR) is 117 cm³/mol. The summed E-state index contributed by atoms with van der Waals surface area (Å²) >= 11 is 0. The molecule has 0 unspecified atom stereocenters. The molecule has 0 radical (unpaired) electrons. The molecular formula is C24H22F4N4O2. The van der Waals surface area contributed by atoms with Gasteiger partial charge in [0, 0.05) is 61.0 Å². The Morgan fingerprint density at radius 2 is 1.74 bits per heavy atom. The van der Waals surface area contributed by atoms with Crippen molar-refractivity contribution < 1.29 is 22.4 Å². The summed E-state index contributed by atoms with van der Waals surface area (Å²) in [7, 11) is 0. The van der Waals surface area contributed by atoms with Gasteiger partial charge in [0.15, 0.2) is 5.43 Å². The monoisotopic (exact) mass is 474 g/mol. The summed E-state index contributed by atoms with van der Waals surface area (Å²) in [5, 5.41) is 0.0545. The Labute approximate surface area is 191 Å². The van der Waals surface area contributed by atoms with Gasteiger partial charge in [0.05, 0.1) is 22.3 Å². The zero-order chi connectivity index (χ0) is 24.3. The number of carbonyl (C=O) groups excluding carboxylic acids is 1. The maximum Gasteiger partial charge on any atom is 0.268 e. The number of H-pyrrole nitrogens is 1. The van der Waals surface area contributed by atoms with E-state index in [9.17, 15) is 27.2 Å². The number of amides is 1. The van der Waals surface area contributed by atoms with Gasteiger partial charge in [-0.25, -0.2) is 17.6 Å². The van der Waals surface area contributed by atoms with Crippen LogP contribution in [-0.2, 0) is 0 Å². The Kier molecular flexibility index (Phi) is 5.22. The Morgan fingerprint density at radius 1 is 1.03 bits per heavy atom. The van der Waals surface area contributed by atoms with Crippen LogP contribution in [0.15, 0.2) is 35.3 Å². The number of aromatic amines is 1. The number of alkyl halides is 4. The molecule has 3 aromatic heterocycles. The first kappa shape index (κ1) is 22.5. The SMILES string of the molecule is NC(=O)c1nccc2[nH]c(-c3ccc(C4CC(F)(F)C4)nc3C3CCC(F)(F)CC3)cc(=O)c12. The summed E-state index contributed by atoms with van der Waals surface area (Å²) in [5.74, 6) is -6.98. The fourth-order valence-electron chi connectivity index (χ4n) is 4.97. The topological polar surface area (TPSA) is 102 Å². The number of pyridine rings is 3. The van der Waals surface area contributed by atoms with Crippen LogP contribution >= 0.6 is 0 Å². The quantitative estimate of drug-likeness (QED) is 0.526. The molecule has 10 heteroatoms. The van der Waals surface area contributed by atoms with Crippen LogP contribution in [0.1, 0.15) is 72.2 Å². The van der Waals surface area contributed by atoms with E-state index >= 15 is 0 Å². The molecule has 2 fully saturated rings.